The van der Waals surface area contributed by atoms with Gasteiger partial charge in [0.1, 0.15) is 12.1 Å². The molecule has 3 heterocycles. The first-order valence-corrected chi connectivity index (χ1v) is 11.0. The van der Waals surface area contributed by atoms with E-state index in [0.717, 1.165) is 16.7 Å². The van der Waals surface area contributed by atoms with Gasteiger partial charge in [0.05, 0.1) is 23.8 Å². The van der Waals surface area contributed by atoms with Gasteiger partial charge in [0, 0.05) is 23.5 Å². The predicted octanol–water partition coefficient (Wildman–Crippen LogP) is 4.21. The number of aliphatic hydroxyl groups is 1. The van der Waals surface area contributed by atoms with Gasteiger partial charge in [0.15, 0.2) is 5.60 Å². The normalized spacial score (nSPS) is 12.5. The van der Waals surface area contributed by atoms with E-state index in [1.54, 1.807) is 12.3 Å². The van der Waals surface area contributed by atoms with Gasteiger partial charge < -0.3 is 19.6 Å². The number of anilines is 2. The number of oxazole rings is 1. The first-order valence-electron chi connectivity index (χ1n) is 11.0. The van der Waals surface area contributed by atoms with Crippen molar-refractivity contribution < 1.29 is 14.3 Å². The lowest BCUT2D eigenvalue weighted by Crippen LogP contribution is -2.18. The van der Waals surface area contributed by atoms with Crippen molar-refractivity contribution in [1.82, 2.24) is 24.5 Å². The smallest absolute Gasteiger partial charge is 0.303 e. The molecular formula is C26H22N6O3. The Balaban J connectivity index is 1.56. The summed E-state index contributed by atoms with van der Waals surface area (Å²) in [7, 11) is 0. The van der Waals surface area contributed by atoms with E-state index in [9.17, 15) is 5.11 Å². The van der Waals surface area contributed by atoms with Crippen LogP contribution in [-0.4, -0.2) is 36.2 Å². The van der Waals surface area contributed by atoms with Gasteiger partial charge >= 0.3 is 6.01 Å². The Morgan fingerprint density at radius 3 is 2.71 bits per heavy atom. The maximum atomic E-state index is 10.6. The number of nitrogens with zero attached hydrogens (tertiary/aromatic N) is 5. The van der Waals surface area contributed by atoms with Gasteiger partial charge in [-0.2, -0.15) is 9.97 Å². The minimum atomic E-state index is -1.53. The third-order valence-corrected chi connectivity index (χ3v) is 5.10. The van der Waals surface area contributed by atoms with E-state index < -0.39 is 5.60 Å². The third kappa shape index (κ3) is 4.69. The molecule has 9 heteroatoms. The Morgan fingerprint density at radius 2 is 1.94 bits per heavy atom. The molecule has 0 saturated carbocycles. The van der Waals surface area contributed by atoms with Crippen molar-refractivity contribution in [1.29, 1.82) is 0 Å². The topological polar surface area (TPSA) is 111 Å². The van der Waals surface area contributed by atoms with Gasteiger partial charge in [-0.1, -0.05) is 30.0 Å². The van der Waals surface area contributed by atoms with Crippen molar-refractivity contribution in [2.75, 3.05) is 11.9 Å². The molecule has 5 rings (SSSR count). The summed E-state index contributed by atoms with van der Waals surface area (Å²) in [5.41, 5.74) is 1.49. The minimum Gasteiger partial charge on any atom is -0.465 e. The zero-order valence-corrected chi connectivity index (χ0v) is 19.1. The van der Waals surface area contributed by atoms with Crippen LogP contribution in [0.2, 0.25) is 0 Å². The SMILES string of the molecule is CCOc1nc2ccc(C#CC(C)(O)c3ncco3)cc2n1-c1ccnc(Nc2ccccc2)n1. The molecule has 0 aliphatic heterocycles. The fourth-order valence-corrected chi connectivity index (χ4v) is 3.47. The summed E-state index contributed by atoms with van der Waals surface area (Å²) in [4.78, 5) is 17.6. The van der Waals surface area contributed by atoms with Gasteiger partial charge in [0.2, 0.25) is 11.8 Å². The lowest BCUT2D eigenvalue weighted by atomic mass is 10.1. The predicted molar refractivity (Wildman–Crippen MR) is 131 cm³/mol. The molecule has 0 aliphatic carbocycles. The summed E-state index contributed by atoms with van der Waals surface area (Å²) in [5, 5.41) is 13.8. The monoisotopic (exact) mass is 466 g/mol. The summed E-state index contributed by atoms with van der Waals surface area (Å²) in [6.07, 6.45) is 4.54. The summed E-state index contributed by atoms with van der Waals surface area (Å²) in [5.74, 6) is 6.98. The summed E-state index contributed by atoms with van der Waals surface area (Å²) < 4.78 is 12.8. The van der Waals surface area contributed by atoms with Crippen LogP contribution in [0.15, 0.2) is 77.7 Å². The Hall–Kier alpha value is -4.68. The number of aromatic nitrogens is 5. The van der Waals surface area contributed by atoms with E-state index in [0.29, 0.717) is 29.9 Å². The fourth-order valence-electron chi connectivity index (χ4n) is 3.47. The molecule has 5 aromatic rings. The maximum absolute atomic E-state index is 10.6. The van der Waals surface area contributed by atoms with Gasteiger partial charge in [-0.05, 0) is 44.2 Å². The molecule has 0 fully saturated rings. The van der Waals surface area contributed by atoms with Crippen LogP contribution in [0, 0.1) is 11.8 Å². The largest absolute Gasteiger partial charge is 0.465 e. The molecular weight excluding hydrogens is 444 g/mol. The number of nitrogens with one attached hydrogen (secondary N) is 1. The molecule has 0 spiro atoms. The van der Waals surface area contributed by atoms with Crippen LogP contribution in [0.1, 0.15) is 25.3 Å². The van der Waals surface area contributed by atoms with Crippen LogP contribution in [0.25, 0.3) is 16.9 Å². The fraction of sp³-hybridized carbons (Fsp3) is 0.154. The van der Waals surface area contributed by atoms with E-state index in [1.807, 2.05) is 60.0 Å². The number of hydrogen-bond donors (Lipinski definition) is 2. The summed E-state index contributed by atoms with van der Waals surface area (Å²) >= 11 is 0. The second-order valence-corrected chi connectivity index (χ2v) is 7.76. The average molecular weight is 467 g/mol. The molecule has 3 aromatic heterocycles. The lowest BCUT2D eigenvalue weighted by Gasteiger charge is -2.11. The minimum absolute atomic E-state index is 0.134. The number of hydrogen-bond acceptors (Lipinski definition) is 8. The number of fused-ring (bicyclic) bond motifs is 1. The van der Waals surface area contributed by atoms with E-state index in [-0.39, 0.29) is 5.89 Å². The molecule has 174 valence electrons. The molecule has 0 saturated heterocycles. The second-order valence-electron chi connectivity index (χ2n) is 7.76. The van der Waals surface area contributed by atoms with Crippen molar-refractivity contribution >= 4 is 22.7 Å². The molecule has 0 amide bonds. The van der Waals surface area contributed by atoms with Crippen molar-refractivity contribution in [3.63, 3.8) is 0 Å². The first-order chi connectivity index (χ1) is 17.0. The van der Waals surface area contributed by atoms with Gasteiger partial charge in [-0.15, -0.1) is 0 Å². The Bertz CT molecular complexity index is 1520. The zero-order chi connectivity index (χ0) is 24.3. The van der Waals surface area contributed by atoms with Crippen LogP contribution in [0.3, 0.4) is 0 Å². The van der Waals surface area contributed by atoms with Gasteiger partial charge in [0.25, 0.3) is 0 Å². The van der Waals surface area contributed by atoms with Crippen LogP contribution >= 0.6 is 0 Å². The summed E-state index contributed by atoms with van der Waals surface area (Å²) in [6.45, 7) is 3.87. The second kappa shape index (κ2) is 9.29. The molecule has 35 heavy (non-hydrogen) atoms. The van der Waals surface area contributed by atoms with Crippen molar-refractivity contribution in [3.8, 4) is 23.7 Å². The number of para-hydroxylation sites is 1. The van der Waals surface area contributed by atoms with Crippen LogP contribution in [0.5, 0.6) is 6.01 Å². The Kier molecular flexibility index (Phi) is 5.87. The van der Waals surface area contributed by atoms with E-state index in [2.05, 4.69) is 37.1 Å². The number of benzene rings is 2. The first kappa shape index (κ1) is 22.1. The van der Waals surface area contributed by atoms with Crippen LogP contribution in [0.4, 0.5) is 11.6 Å². The number of ether oxygens (including phenoxy) is 1. The van der Waals surface area contributed by atoms with Crippen LogP contribution in [-0.2, 0) is 5.60 Å². The zero-order valence-electron chi connectivity index (χ0n) is 19.1. The molecule has 9 nitrogen and oxygen atoms in total. The van der Waals surface area contributed by atoms with E-state index in [4.69, 9.17) is 9.15 Å². The summed E-state index contributed by atoms with van der Waals surface area (Å²) in [6, 6.07) is 17.4. The maximum Gasteiger partial charge on any atom is 0.303 e. The van der Waals surface area contributed by atoms with Crippen LogP contribution < -0.4 is 10.1 Å². The molecule has 2 N–H and O–H groups in total. The highest BCUT2D eigenvalue weighted by Crippen LogP contribution is 2.27. The van der Waals surface area contributed by atoms with Crippen molar-refractivity contribution in [2.24, 2.45) is 0 Å². The van der Waals surface area contributed by atoms with Gasteiger partial charge in [-0.25, -0.2) is 14.5 Å². The molecule has 0 aliphatic rings. The highest BCUT2D eigenvalue weighted by Gasteiger charge is 2.25. The molecule has 1 atom stereocenters. The molecule has 0 bridgehead atoms. The lowest BCUT2D eigenvalue weighted by molar-refractivity contribution is 0.0893. The third-order valence-electron chi connectivity index (χ3n) is 5.10. The quantitative estimate of drug-likeness (QED) is 0.358. The number of rotatable bonds is 6. The van der Waals surface area contributed by atoms with E-state index in [1.165, 1.54) is 19.4 Å². The van der Waals surface area contributed by atoms with Crippen molar-refractivity contribution in [3.05, 3.63) is 84.7 Å². The highest BCUT2D eigenvalue weighted by molar-refractivity contribution is 5.80. The standard InChI is InChI=1S/C26H22N6O3/c1-3-34-25-30-20-10-9-18(11-13-26(2,33)23-27-15-16-35-23)17-21(20)32(25)22-12-14-28-24(31-22)29-19-7-5-4-6-8-19/h4-10,12,14-17,33H,3H2,1-2H3,(H,28,29,31). The molecule has 0 radical (unpaired) electrons. The van der Waals surface area contributed by atoms with E-state index >= 15 is 0 Å². The number of imidazole rings is 1. The molecule has 2 aromatic carbocycles. The van der Waals surface area contributed by atoms with Crippen molar-refractivity contribution in [2.45, 2.75) is 19.4 Å². The Morgan fingerprint density at radius 1 is 1.09 bits per heavy atom. The Labute approximate surface area is 201 Å². The average Bonchev–Trinajstić information content (AvgIpc) is 3.53. The van der Waals surface area contributed by atoms with Gasteiger partial charge in [-0.3, -0.25) is 0 Å². The molecule has 1 unspecified atom stereocenters. The highest BCUT2D eigenvalue weighted by atomic mass is 16.5.